The van der Waals surface area contributed by atoms with Gasteiger partial charge in [-0.05, 0) is 32.1 Å². The van der Waals surface area contributed by atoms with E-state index in [-0.39, 0.29) is 11.3 Å². The van der Waals surface area contributed by atoms with Crippen LogP contribution >= 0.6 is 0 Å². The number of aromatic nitrogens is 1. The SMILES string of the molecule is CC(C)=C[C@@H]1[C@@H](C(=O)N2CCN(Cc3cc(C)on3)CC2)C1(C)C. The molecule has 0 radical (unpaired) electrons. The highest BCUT2D eigenvalue weighted by Gasteiger charge is 2.61. The highest BCUT2D eigenvalue weighted by atomic mass is 16.5. The molecule has 0 bridgehead atoms. The second-order valence-corrected chi connectivity index (χ2v) is 8.10. The van der Waals surface area contributed by atoms with Gasteiger partial charge in [-0.3, -0.25) is 9.69 Å². The molecular weight excluding hydrogens is 302 g/mol. The van der Waals surface area contributed by atoms with Gasteiger partial charge in [0, 0.05) is 38.8 Å². The normalized spacial score (nSPS) is 26.3. The number of amides is 1. The molecule has 1 aromatic heterocycles. The van der Waals surface area contributed by atoms with Crippen molar-refractivity contribution in [1.29, 1.82) is 0 Å². The maximum absolute atomic E-state index is 12.9. The van der Waals surface area contributed by atoms with Crippen LogP contribution in [-0.4, -0.2) is 47.0 Å². The van der Waals surface area contributed by atoms with Gasteiger partial charge in [-0.25, -0.2) is 0 Å². The zero-order valence-corrected chi connectivity index (χ0v) is 15.5. The summed E-state index contributed by atoms with van der Waals surface area (Å²) < 4.78 is 5.12. The van der Waals surface area contributed by atoms with Crippen LogP contribution in [0.25, 0.3) is 0 Å². The zero-order valence-electron chi connectivity index (χ0n) is 15.5. The van der Waals surface area contributed by atoms with Crippen molar-refractivity contribution in [3.05, 3.63) is 29.2 Å². The topological polar surface area (TPSA) is 49.6 Å². The number of allylic oxidation sites excluding steroid dienone is 2. The summed E-state index contributed by atoms with van der Waals surface area (Å²) in [7, 11) is 0. The van der Waals surface area contributed by atoms with E-state index in [0.717, 1.165) is 44.2 Å². The number of carbonyl (C=O) groups is 1. The van der Waals surface area contributed by atoms with E-state index in [2.05, 4.69) is 48.7 Å². The molecule has 5 nitrogen and oxygen atoms in total. The fourth-order valence-corrected chi connectivity index (χ4v) is 3.86. The van der Waals surface area contributed by atoms with Gasteiger partial charge in [0.15, 0.2) is 0 Å². The molecule has 24 heavy (non-hydrogen) atoms. The van der Waals surface area contributed by atoms with Crippen LogP contribution in [0.5, 0.6) is 0 Å². The Labute approximate surface area is 144 Å². The number of carbonyl (C=O) groups excluding carboxylic acids is 1. The van der Waals surface area contributed by atoms with Gasteiger partial charge >= 0.3 is 0 Å². The van der Waals surface area contributed by atoms with Gasteiger partial charge < -0.3 is 9.42 Å². The van der Waals surface area contributed by atoms with Crippen LogP contribution in [0, 0.1) is 24.2 Å². The molecule has 3 rings (SSSR count). The summed E-state index contributed by atoms with van der Waals surface area (Å²) >= 11 is 0. The first-order chi connectivity index (χ1) is 11.3. The average Bonchev–Trinajstić information content (AvgIpc) is 2.82. The molecule has 1 aromatic rings. The Morgan fingerprint density at radius 1 is 1.33 bits per heavy atom. The standard InChI is InChI=1S/C19H29N3O2/c1-13(2)10-16-17(19(16,4)5)18(23)22-8-6-21(7-9-22)12-15-11-14(3)24-20-15/h10-11,16-17H,6-9,12H2,1-5H3/t16-,17+/m1/s1. The first-order valence-electron chi connectivity index (χ1n) is 8.87. The van der Waals surface area contributed by atoms with Gasteiger partial charge in [-0.1, -0.05) is 30.7 Å². The van der Waals surface area contributed by atoms with E-state index in [4.69, 9.17) is 4.52 Å². The molecule has 0 aromatic carbocycles. The Hall–Kier alpha value is -1.62. The van der Waals surface area contributed by atoms with Crippen LogP contribution in [0.4, 0.5) is 0 Å². The maximum atomic E-state index is 12.9. The second kappa shape index (κ2) is 6.36. The second-order valence-electron chi connectivity index (χ2n) is 8.10. The van der Waals surface area contributed by atoms with Gasteiger partial charge in [-0.15, -0.1) is 0 Å². The predicted molar refractivity (Wildman–Crippen MR) is 93.3 cm³/mol. The summed E-state index contributed by atoms with van der Waals surface area (Å²) in [4.78, 5) is 17.3. The Balaban J connectivity index is 1.53. The van der Waals surface area contributed by atoms with Crippen molar-refractivity contribution < 1.29 is 9.32 Å². The lowest BCUT2D eigenvalue weighted by Gasteiger charge is -2.34. The third kappa shape index (κ3) is 3.41. The summed E-state index contributed by atoms with van der Waals surface area (Å²) in [5, 5.41) is 4.06. The zero-order chi connectivity index (χ0) is 17.5. The number of aryl methyl sites for hydroxylation is 1. The van der Waals surface area contributed by atoms with Crippen molar-refractivity contribution in [2.75, 3.05) is 26.2 Å². The summed E-state index contributed by atoms with van der Waals surface area (Å²) in [5.41, 5.74) is 2.37. The minimum absolute atomic E-state index is 0.101. The number of rotatable bonds is 4. The molecule has 1 saturated heterocycles. The molecule has 2 heterocycles. The molecule has 0 N–H and O–H groups in total. The first kappa shape index (κ1) is 17.2. The fourth-order valence-electron chi connectivity index (χ4n) is 3.86. The van der Waals surface area contributed by atoms with E-state index >= 15 is 0 Å². The predicted octanol–water partition coefficient (Wildman–Crippen LogP) is 2.87. The lowest BCUT2D eigenvalue weighted by Crippen LogP contribution is -2.49. The van der Waals surface area contributed by atoms with Crippen LogP contribution in [0.1, 0.15) is 39.1 Å². The van der Waals surface area contributed by atoms with Gasteiger partial charge in [0.05, 0.1) is 11.6 Å². The van der Waals surface area contributed by atoms with Crippen LogP contribution < -0.4 is 0 Å². The minimum Gasteiger partial charge on any atom is -0.361 e. The van der Waals surface area contributed by atoms with Crippen LogP contribution in [0.3, 0.4) is 0 Å². The lowest BCUT2D eigenvalue weighted by atomic mass is 10.1. The smallest absolute Gasteiger partial charge is 0.226 e. The molecule has 2 aliphatic rings. The van der Waals surface area contributed by atoms with Gasteiger partial charge in [0.2, 0.25) is 5.91 Å². The molecule has 0 spiro atoms. The molecule has 1 aliphatic heterocycles. The molecular formula is C19H29N3O2. The molecule has 132 valence electrons. The number of hydrogen-bond donors (Lipinski definition) is 0. The van der Waals surface area contributed by atoms with Crippen molar-refractivity contribution in [2.45, 2.75) is 41.2 Å². The monoisotopic (exact) mass is 331 g/mol. The van der Waals surface area contributed by atoms with Crippen molar-refractivity contribution in [3.63, 3.8) is 0 Å². The van der Waals surface area contributed by atoms with Crippen molar-refractivity contribution >= 4 is 5.91 Å². The highest BCUT2D eigenvalue weighted by molar-refractivity contribution is 5.84. The van der Waals surface area contributed by atoms with Crippen molar-refractivity contribution in [2.24, 2.45) is 17.3 Å². The summed E-state index contributed by atoms with van der Waals surface area (Å²) in [6.07, 6.45) is 2.27. The molecule has 1 saturated carbocycles. The van der Waals surface area contributed by atoms with E-state index in [1.165, 1.54) is 5.57 Å². The lowest BCUT2D eigenvalue weighted by molar-refractivity contribution is -0.135. The summed E-state index contributed by atoms with van der Waals surface area (Å²) in [6.45, 7) is 14.8. The van der Waals surface area contributed by atoms with Gasteiger partial charge in [0.25, 0.3) is 0 Å². The number of nitrogens with zero attached hydrogens (tertiary/aromatic N) is 3. The number of piperazine rings is 1. The fraction of sp³-hybridized carbons (Fsp3) is 0.684. The first-order valence-corrected chi connectivity index (χ1v) is 8.87. The van der Waals surface area contributed by atoms with E-state index in [1.54, 1.807) is 0 Å². The Bertz CT molecular complexity index is 635. The quantitative estimate of drug-likeness (QED) is 0.796. The Kier molecular flexibility index (Phi) is 4.56. The molecule has 1 aliphatic carbocycles. The molecule has 5 heteroatoms. The molecule has 0 unspecified atom stereocenters. The van der Waals surface area contributed by atoms with E-state index < -0.39 is 0 Å². The third-order valence-corrected chi connectivity index (χ3v) is 5.44. The number of hydrogen-bond acceptors (Lipinski definition) is 4. The van der Waals surface area contributed by atoms with Crippen LogP contribution in [-0.2, 0) is 11.3 Å². The van der Waals surface area contributed by atoms with Gasteiger partial charge in [0.1, 0.15) is 5.76 Å². The van der Waals surface area contributed by atoms with E-state index in [1.807, 2.05) is 13.0 Å². The average molecular weight is 331 g/mol. The summed E-state index contributed by atoms with van der Waals surface area (Å²) in [5.74, 6) is 1.72. The third-order valence-electron chi connectivity index (χ3n) is 5.44. The molecule has 1 amide bonds. The van der Waals surface area contributed by atoms with Gasteiger partial charge in [-0.2, -0.15) is 0 Å². The minimum atomic E-state index is 0.101. The largest absolute Gasteiger partial charge is 0.361 e. The van der Waals surface area contributed by atoms with Crippen LogP contribution in [0.2, 0.25) is 0 Å². The summed E-state index contributed by atoms with van der Waals surface area (Å²) in [6, 6.07) is 1.98. The molecule has 2 fully saturated rings. The van der Waals surface area contributed by atoms with E-state index in [0.29, 0.717) is 11.8 Å². The molecule has 2 atom stereocenters. The van der Waals surface area contributed by atoms with Crippen LogP contribution in [0.15, 0.2) is 22.2 Å². The Morgan fingerprint density at radius 3 is 2.54 bits per heavy atom. The van der Waals surface area contributed by atoms with E-state index in [9.17, 15) is 4.79 Å². The van der Waals surface area contributed by atoms with Crippen molar-refractivity contribution in [1.82, 2.24) is 15.0 Å². The maximum Gasteiger partial charge on any atom is 0.226 e. The van der Waals surface area contributed by atoms with Crippen molar-refractivity contribution in [3.8, 4) is 0 Å². The highest BCUT2D eigenvalue weighted by Crippen LogP contribution is 2.60. The Morgan fingerprint density at radius 2 is 2.00 bits per heavy atom.